The molecule has 0 radical (unpaired) electrons. The number of methoxy groups -OCH3 is 1. The van der Waals surface area contributed by atoms with Crippen molar-refractivity contribution in [2.45, 2.75) is 26.2 Å². The third-order valence-electron chi connectivity index (χ3n) is 2.71. The van der Waals surface area contributed by atoms with E-state index in [1.165, 1.54) is 19.2 Å². The lowest BCUT2D eigenvalue weighted by Gasteiger charge is -2.13. The van der Waals surface area contributed by atoms with E-state index < -0.39 is 4.92 Å². The first-order chi connectivity index (χ1) is 9.58. The Kier molecular flexibility index (Phi) is 6.72. The van der Waals surface area contributed by atoms with E-state index in [0.717, 1.165) is 25.8 Å². The number of unbranched alkanes of at least 4 members (excludes halogenated alkanes) is 2. The van der Waals surface area contributed by atoms with Gasteiger partial charge in [-0.2, -0.15) is 0 Å². The highest BCUT2D eigenvalue weighted by Gasteiger charge is 2.11. The number of hydrogen-bond donors (Lipinski definition) is 2. The van der Waals surface area contributed by atoms with Gasteiger partial charge in [0.25, 0.3) is 5.69 Å². The van der Waals surface area contributed by atoms with Crippen molar-refractivity contribution in [3.63, 3.8) is 0 Å². The molecule has 0 aliphatic heterocycles. The number of anilines is 1. The maximum atomic E-state index is 10.7. The topological polar surface area (TPSA) is 76.4 Å². The van der Waals surface area contributed by atoms with Crippen LogP contribution in [0.15, 0.2) is 18.2 Å². The minimum Gasteiger partial charge on any atom is -0.494 e. The van der Waals surface area contributed by atoms with Gasteiger partial charge >= 0.3 is 0 Å². The Morgan fingerprint density at radius 3 is 2.80 bits per heavy atom. The third-order valence-corrected chi connectivity index (χ3v) is 2.96. The summed E-state index contributed by atoms with van der Waals surface area (Å²) in [6.45, 7) is 2.94. The number of nitrogens with one attached hydrogen (secondary N) is 2. The van der Waals surface area contributed by atoms with Crippen LogP contribution < -0.4 is 15.4 Å². The highest BCUT2D eigenvalue weighted by molar-refractivity contribution is 7.80. The van der Waals surface area contributed by atoms with E-state index in [0.29, 0.717) is 16.5 Å². The molecule has 110 valence electrons. The average Bonchev–Trinajstić information content (AvgIpc) is 2.43. The first kappa shape index (κ1) is 16.2. The lowest BCUT2D eigenvalue weighted by atomic mass is 10.2. The van der Waals surface area contributed by atoms with Crippen LogP contribution in [-0.2, 0) is 0 Å². The molecule has 1 aromatic rings. The van der Waals surface area contributed by atoms with Gasteiger partial charge in [-0.05, 0) is 24.7 Å². The number of nitrogens with zero attached hydrogens (tertiary/aromatic N) is 1. The number of rotatable bonds is 7. The van der Waals surface area contributed by atoms with Gasteiger partial charge in [-0.1, -0.05) is 19.8 Å². The number of ether oxygens (including phenoxy) is 1. The molecular weight excluding hydrogens is 278 g/mol. The van der Waals surface area contributed by atoms with Crippen molar-refractivity contribution in [3.05, 3.63) is 28.3 Å². The van der Waals surface area contributed by atoms with Gasteiger partial charge in [0, 0.05) is 12.6 Å². The summed E-state index contributed by atoms with van der Waals surface area (Å²) < 4.78 is 5.13. The zero-order valence-electron chi connectivity index (χ0n) is 11.6. The summed E-state index contributed by atoms with van der Waals surface area (Å²) in [6, 6.07) is 4.35. The summed E-state index contributed by atoms with van der Waals surface area (Å²) >= 11 is 5.17. The van der Waals surface area contributed by atoms with E-state index in [1.54, 1.807) is 6.07 Å². The van der Waals surface area contributed by atoms with Gasteiger partial charge in [-0.25, -0.2) is 0 Å². The van der Waals surface area contributed by atoms with Crippen molar-refractivity contribution in [2.24, 2.45) is 0 Å². The summed E-state index contributed by atoms with van der Waals surface area (Å²) in [5.41, 5.74) is 0.584. The van der Waals surface area contributed by atoms with Crippen molar-refractivity contribution in [1.82, 2.24) is 5.32 Å². The molecule has 1 rings (SSSR count). The highest BCUT2D eigenvalue weighted by Crippen LogP contribution is 2.28. The minimum absolute atomic E-state index is 0.0192. The Hall–Kier alpha value is -1.89. The number of nitro benzene ring substituents is 1. The van der Waals surface area contributed by atoms with Crippen molar-refractivity contribution < 1.29 is 9.66 Å². The lowest BCUT2D eigenvalue weighted by Crippen LogP contribution is -2.29. The number of benzene rings is 1. The standard InChI is InChI=1S/C13H19N3O3S/c1-3-4-5-8-14-13(20)15-11-7-6-10(16(17)18)9-12(11)19-2/h6-7,9H,3-5,8H2,1-2H3,(H2,14,15,20). The first-order valence-corrected chi connectivity index (χ1v) is 6.86. The molecule has 0 aliphatic rings. The number of hydrogen-bond acceptors (Lipinski definition) is 4. The molecule has 0 saturated heterocycles. The van der Waals surface area contributed by atoms with Crippen LogP contribution in [-0.4, -0.2) is 23.7 Å². The van der Waals surface area contributed by atoms with Crippen molar-refractivity contribution in [1.29, 1.82) is 0 Å². The molecule has 0 atom stereocenters. The van der Waals surface area contributed by atoms with Crippen molar-refractivity contribution in [3.8, 4) is 5.75 Å². The second-order valence-electron chi connectivity index (χ2n) is 4.23. The molecule has 0 fully saturated rings. The maximum absolute atomic E-state index is 10.7. The zero-order valence-corrected chi connectivity index (χ0v) is 12.5. The minimum atomic E-state index is -0.465. The quantitative estimate of drug-likeness (QED) is 0.348. The summed E-state index contributed by atoms with van der Waals surface area (Å²) in [4.78, 5) is 10.2. The summed E-state index contributed by atoms with van der Waals surface area (Å²) in [7, 11) is 1.46. The monoisotopic (exact) mass is 297 g/mol. The normalized spacial score (nSPS) is 9.90. The average molecular weight is 297 g/mol. The van der Waals surface area contributed by atoms with Crippen molar-refractivity contribution >= 4 is 28.7 Å². The molecular formula is C13H19N3O3S. The fourth-order valence-corrected chi connectivity index (χ4v) is 1.85. The van der Waals surface area contributed by atoms with Gasteiger partial charge in [-0.15, -0.1) is 0 Å². The Morgan fingerprint density at radius 1 is 1.45 bits per heavy atom. The van der Waals surface area contributed by atoms with Gasteiger partial charge in [0.2, 0.25) is 0 Å². The van der Waals surface area contributed by atoms with Crippen LogP contribution in [0.4, 0.5) is 11.4 Å². The Bertz CT molecular complexity index is 480. The predicted molar refractivity (Wildman–Crippen MR) is 83.4 cm³/mol. The van der Waals surface area contributed by atoms with Gasteiger partial charge in [-0.3, -0.25) is 10.1 Å². The summed E-state index contributed by atoms with van der Waals surface area (Å²) in [6.07, 6.45) is 3.35. The second-order valence-corrected chi connectivity index (χ2v) is 4.64. The smallest absolute Gasteiger partial charge is 0.273 e. The van der Waals surface area contributed by atoms with E-state index in [1.807, 2.05) is 0 Å². The van der Waals surface area contributed by atoms with Crippen LogP contribution in [0.5, 0.6) is 5.75 Å². The molecule has 0 unspecified atom stereocenters. The SMILES string of the molecule is CCCCCNC(=S)Nc1ccc([N+](=O)[O-])cc1OC. The molecule has 0 saturated carbocycles. The molecule has 20 heavy (non-hydrogen) atoms. The van der Waals surface area contributed by atoms with Crippen LogP contribution in [0.25, 0.3) is 0 Å². The fourth-order valence-electron chi connectivity index (χ4n) is 1.64. The molecule has 0 amide bonds. The largest absolute Gasteiger partial charge is 0.494 e. The van der Waals surface area contributed by atoms with Crippen LogP contribution in [0.1, 0.15) is 26.2 Å². The summed E-state index contributed by atoms with van der Waals surface area (Å²) in [5, 5.41) is 17.2. The Morgan fingerprint density at radius 2 is 2.20 bits per heavy atom. The van der Waals surface area contributed by atoms with Crippen LogP contribution >= 0.6 is 12.2 Å². The molecule has 0 heterocycles. The van der Waals surface area contributed by atoms with Gasteiger partial charge in [0.15, 0.2) is 5.11 Å². The number of non-ortho nitro benzene ring substituents is 1. The molecule has 1 aromatic carbocycles. The molecule has 0 spiro atoms. The Balaban J connectivity index is 2.62. The molecule has 2 N–H and O–H groups in total. The molecule has 0 bridgehead atoms. The first-order valence-electron chi connectivity index (χ1n) is 6.45. The van der Waals surface area contributed by atoms with E-state index in [4.69, 9.17) is 17.0 Å². The zero-order chi connectivity index (χ0) is 15.0. The van der Waals surface area contributed by atoms with Gasteiger partial charge < -0.3 is 15.4 Å². The maximum Gasteiger partial charge on any atom is 0.273 e. The van der Waals surface area contributed by atoms with Crippen LogP contribution in [0, 0.1) is 10.1 Å². The Labute approximate surface area is 123 Å². The highest BCUT2D eigenvalue weighted by atomic mass is 32.1. The van der Waals surface area contributed by atoms with Crippen molar-refractivity contribution in [2.75, 3.05) is 19.0 Å². The van der Waals surface area contributed by atoms with E-state index in [-0.39, 0.29) is 5.69 Å². The van der Waals surface area contributed by atoms with Gasteiger partial charge in [0.1, 0.15) is 5.75 Å². The lowest BCUT2D eigenvalue weighted by molar-refractivity contribution is -0.384. The fraction of sp³-hybridized carbons (Fsp3) is 0.462. The predicted octanol–water partition coefficient (Wildman–Crippen LogP) is 3.08. The van der Waals surface area contributed by atoms with E-state index >= 15 is 0 Å². The van der Waals surface area contributed by atoms with E-state index in [2.05, 4.69) is 17.6 Å². The molecule has 0 aromatic heterocycles. The molecule has 0 aliphatic carbocycles. The van der Waals surface area contributed by atoms with Gasteiger partial charge in [0.05, 0.1) is 23.8 Å². The van der Waals surface area contributed by atoms with Crippen LogP contribution in [0.3, 0.4) is 0 Å². The number of nitro groups is 1. The molecule has 7 heteroatoms. The molecule has 6 nitrogen and oxygen atoms in total. The summed E-state index contributed by atoms with van der Waals surface area (Å²) in [5.74, 6) is 0.386. The number of thiocarbonyl (C=S) groups is 1. The third kappa shape index (κ3) is 5.00. The van der Waals surface area contributed by atoms with E-state index in [9.17, 15) is 10.1 Å². The van der Waals surface area contributed by atoms with Crippen LogP contribution in [0.2, 0.25) is 0 Å². The second kappa shape index (κ2) is 8.31.